The van der Waals surface area contributed by atoms with E-state index in [1.165, 1.54) is 25.3 Å². The van der Waals surface area contributed by atoms with Crippen LogP contribution in [0, 0.1) is 0 Å². The lowest BCUT2D eigenvalue weighted by Gasteiger charge is -2.20. The molecule has 0 aliphatic rings. The van der Waals surface area contributed by atoms with Crippen molar-refractivity contribution < 1.29 is 33.4 Å². The standard InChI is InChI=1S/C19H27N3O7/c1-11(2)28-17(25)21-13-7-12(16(24)20-10-15(23)27-6)8-14(9-13)22-18(26)29-19(3,4)5/h7-9,11H,10H2,1-6H3,(H,20,24)(H,21,25)(H,22,26). The average molecular weight is 409 g/mol. The topological polar surface area (TPSA) is 132 Å². The zero-order valence-electron chi connectivity index (χ0n) is 17.4. The molecule has 1 aromatic rings. The second-order valence-electron chi connectivity index (χ2n) is 7.26. The zero-order chi connectivity index (χ0) is 22.2. The van der Waals surface area contributed by atoms with Crippen molar-refractivity contribution in [3.63, 3.8) is 0 Å². The van der Waals surface area contributed by atoms with E-state index < -0.39 is 29.7 Å². The highest BCUT2D eigenvalue weighted by molar-refractivity contribution is 6.00. The molecule has 0 radical (unpaired) electrons. The summed E-state index contributed by atoms with van der Waals surface area (Å²) in [6.07, 6.45) is -1.81. The summed E-state index contributed by atoms with van der Waals surface area (Å²) in [6.45, 7) is 8.16. The van der Waals surface area contributed by atoms with Gasteiger partial charge >= 0.3 is 18.2 Å². The monoisotopic (exact) mass is 409 g/mol. The Hall–Kier alpha value is -3.30. The molecule has 0 saturated carbocycles. The summed E-state index contributed by atoms with van der Waals surface area (Å²) < 4.78 is 14.7. The molecule has 0 atom stereocenters. The summed E-state index contributed by atoms with van der Waals surface area (Å²) in [5, 5.41) is 7.36. The van der Waals surface area contributed by atoms with Crippen molar-refractivity contribution in [1.82, 2.24) is 5.32 Å². The molecular weight excluding hydrogens is 382 g/mol. The van der Waals surface area contributed by atoms with Crippen LogP contribution in [-0.4, -0.2) is 49.4 Å². The zero-order valence-corrected chi connectivity index (χ0v) is 17.4. The molecule has 0 spiro atoms. The number of nitrogens with one attached hydrogen (secondary N) is 3. The van der Waals surface area contributed by atoms with Gasteiger partial charge in [-0.3, -0.25) is 20.2 Å². The van der Waals surface area contributed by atoms with Gasteiger partial charge in [0.05, 0.1) is 13.2 Å². The predicted molar refractivity (Wildman–Crippen MR) is 106 cm³/mol. The first-order valence-corrected chi connectivity index (χ1v) is 8.87. The summed E-state index contributed by atoms with van der Waals surface area (Å²) in [4.78, 5) is 47.5. The highest BCUT2D eigenvalue weighted by Crippen LogP contribution is 2.21. The van der Waals surface area contributed by atoms with E-state index in [1.807, 2.05) is 0 Å². The van der Waals surface area contributed by atoms with Crippen molar-refractivity contribution in [3.05, 3.63) is 23.8 Å². The van der Waals surface area contributed by atoms with Gasteiger partial charge in [0.1, 0.15) is 12.1 Å². The number of benzene rings is 1. The number of ether oxygens (including phenoxy) is 3. The number of anilines is 2. The first-order valence-electron chi connectivity index (χ1n) is 8.87. The molecule has 0 aromatic heterocycles. The number of rotatable bonds is 6. The Labute approximate surface area is 169 Å². The van der Waals surface area contributed by atoms with Gasteiger partial charge in [-0.25, -0.2) is 9.59 Å². The van der Waals surface area contributed by atoms with Gasteiger partial charge in [-0.15, -0.1) is 0 Å². The lowest BCUT2D eigenvalue weighted by molar-refractivity contribution is -0.139. The maximum Gasteiger partial charge on any atom is 0.412 e. The van der Waals surface area contributed by atoms with Gasteiger partial charge in [-0.05, 0) is 52.8 Å². The highest BCUT2D eigenvalue weighted by atomic mass is 16.6. The van der Waals surface area contributed by atoms with Crippen LogP contribution in [0.4, 0.5) is 21.0 Å². The Balaban J connectivity index is 3.07. The Bertz CT molecular complexity index is 770. The summed E-state index contributed by atoms with van der Waals surface area (Å²) in [5.74, 6) is -1.23. The summed E-state index contributed by atoms with van der Waals surface area (Å²) in [5.41, 5.74) is -0.235. The molecular formula is C19H27N3O7. The van der Waals surface area contributed by atoms with Gasteiger partial charge < -0.3 is 19.5 Å². The van der Waals surface area contributed by atoms with Crippen LogP contribution in [0.1, 0.15) is 45.0 Å². The van der Waals surface area contributed by atoms with E-state index in [-0.39, 0.29) is 29.6 Å². The summed E-state index contributed by atoms with van der Waals surface area (Å²) >= 11 is 0. The number of amides is 3. The number of hydrogen-bond donors (Lipinski definition) is 3. The van der Waals surface area contributed by atoms with Gasteiger partial charge in [-0.2, -0.15) is 0 Å². The normalized spacial score (nSPS) is 10.7. The van der Waals surface area contributed by atoms with Crippen LogP contribution in [0.5, 0.6) is 0 Å². The molecule has 29 heavy (non-hydrogen) atoms. The van der Waals surface area contributed by atoms with Crippen molar-refractivity contribution in [1.29, 1.82) is 0 Å². The van der Waals surface area contributed by atoms with Crippen LogP contribution < -0.4 is 16.0 Å². The van der Waals surface area contributed by atoms with Gasteiger partial charge in [0.15, 0.2) is 0 Å². The Morgan fingerprint density at radius 3 is 2.00 bits per heavy atom. The molecule has 0 heterocycles. The fourth-order valence-electron chi connectivity index (χ4n) is 2.01. The van der Waals surface area contributed by atoms with Crippen molar-refractivity contribution in [2.75, 3.05) is 24.3 Å². The third kappa shape index (κ3) is 9.45. The Kier molecular flexibility index (Phi) is 8.43. The molecule has 10 nitrogen and oxygen atoms in total. The van der Waals surface area contributed by atoms with E-state index in [4.69, 9.17) is 9.47 Å². The smallest absolute Gasteiger partial charge is 0.412 e. The van der Waals surface area contributed by atoms with E-state index in [2.05, 4.69) is 20.7 Å². The van der Waals surface area contributed by atoms with E-state index in [9.17, 15) is 19.2 Å². The third-order valence-electron chi connectivity index (χ3n) is 3.05. The van der Waals surface area contributed by atoms with E-state index in [1.54, 1.807) is 34.6 Å². The number of carbonyl (C=O) groups excluding carboxylic acids is 4. The molecule has 0 saturated heterocycles. The van der Waals surface area contributed by atoms with E-state index in [0.717, 1.165) is 0 Å². The van der Waals surface area contributed by atoms with Crippen LogP contribution in [0.25, 0.3) is 0 Å². The molecule has 1 rings (SSSR count). The highest BCUT2D eigenvalue weighted by Gasteiger charge is 2.18. The molecule has 0 aliphatic carbocycles. The second-order valence-corrected chi connectivity index (χ2v) is 7.26. The van der Waals surface area contributed by atoms with Gasteiger partial charge in [0, 0.05) is 16.9 Å². The van der Waals surface area contributed by atoms with Crippen molar-refractivity contribution >= 4 is 35.4 Å². The minimum atomic E-state index is -0.736. The molecule has 0 bridgehead atoms. The SMILES string of the molecule is COC(=O)CNC(=O)c1cc(NC(=O)OC(C)C)cc(NC(=O)OC(C)(C)C)c1. The van der Waals surface area contributed by atoms with Gasteiger partial charge in [-0.1, -0.05) is 0 Å². The van der Waals surface area contributed by atoms with Crippen LogP contribution >= 0.6 is 0 Å². The minimum absolute atomic E-state index is 0.0855. The summed E-state index contributed by atoms with van der Waals surface area (Å²) in [7, 11) is 1.20. The maximum absolute atomic E-state index is 12.3. The van der Waals surface area contributed by atoms with Gasteiger partial charge in [0.25, 0.3) is 5.91 Å². The number of esters is 1. The maximum atomic E-state index is 12.3. The minimum Gasteiger partial charge on any atom is -0.468 e. The fraction of sp³-hybridized carbons (Fsp3) is 0.474. The summed E-state index contributed by atoms with van der Waals surface area (Å²) in [6, 6.07) is 4.17. The molecule has 3 amide bonds. The molecule has 3 N–H and O–H groups in total. The third-order valence-corrected chi connectivity index (χ3v) is 3.05. The lowest BCUT2D eigenvalue weighted by Crippen LogP contribution is -2.30. The van der Waals surface area contributed by atoms with E-state index >= 15 is 0 Å². The Morgan fingerprint density at radius 2 is 1.52 bits per heavy atom. The van der Waals surface area contributed by atoms with Gasteiger partial charge in [0.2, 0.25) is 0 Å². The molecule has 0 unspecified atom stereocenters. The van der Waals surface area contributed by atoms with Crippen LogP contribution in [0.3, 0.4) is 0 Å². The molecule has 160 valence electrons. The van der Waals surface area contributed by atoms with Crippen molar-refractivity contribution in [2.24, 2.45) is 0 Å². The molecule has 1 aromatic carbocycles. The first kappa shape index (κ1) is 23.7. The molecule has 0 fully saturated rings. The Morgan fingerprint density at radius 1 is 0.966 bits per heavy atom. The number of methoxy groups -OCH3 is 1. The fourth-order valence-corrected chi connectivity index (χ4v) is 2.01. The average Bonchev–Trinajstić information content (AvgIpc) is 2.56. The van der Waals surface area contributed by atoms with Crippen LogP contribution in [0.15, 0.2) is 18.2 Å². The quantitative estimate of drug-likeness (QED) is 0.486. The van der Waals surface area contributed by atoms with Crippen LogP contribution in [0.2, 0.25) is 0 Å². The lowest BCUT2D eigenvalue weighted by atomic mass is 10.1. The number of hydrogen-bond acceptors (Lipinski definition) is 7. The van der Waals surface area contributed by atoms with Crippen molar-refractivity contribution in [2.45, 2.75) is 46.3 Å². The predicted octanol–water partition coefficient (Wildman–Crippen LogP) is 2.89. The molecule has 0 aliphatic heterocycles. The second kappa shape index (κ2) is 10.3. The van der Waals surface area contributed by atoms with E-state index in [0.29, 0.717) is 0 Å². The van der Waals surface area contributed by atoms with Crippen LogP contribution in [-0.2, 0) is 19.0 Å². The number of carbonyl (C=O) groups is 4. The van der Waals surface area contributed by atoms with Crippen molar-refractivity contribution in [3.8, 4) is 0 Å². The largest absolute Gasteiger partial charge is 0.468 e. The first-order chi connectivity index (χ1) is 13.4. The molecule has 10 heteroatoms.